The first-order chi connectivity index (χ1) is 15.6. The van der Waals surface area contributed by atoms with E-state index >= 15 is 0 Å². The number of hydrogen-bond donors (Lipinski definition) is 0. The highest BCUT2D eigenvalue weighted by molar-refractivity contribution is 7.21. The van der Waals surface area contributed by atoms with Crippen LogP contribution in [0.5, 0.6) is 0 Å². The van der Waals surface area contributed by atoms with Crippen molar-refractivity contribution >= 4 is 39.7 Å². The molecule has 5 rings (SSSR count). The molecule has 4 heterocycles. The molecule has 7 nitrogen and oxygen atoms in total. The Morgan fingerprint density at radius 1 is 1.03 bits per heavy atom. The van der Waals surface area contributed by atoms with Gasteiger partial charge in [0, 0.05) is 50.1 Å². The molecule has 32 heavy (non-hydrogen) atoms. The van der Waals surface area contributed by atoms with E-state index in [0.717, 1.165) is 54.2 Å². The highest BCUT2D eigenvalue weighted by atomic mass is 32.1. The van der Waals surface area contributed by atoms with E-state index in [1.54, 1.807) is 16.2 Å². The van der Waals surface area contributed by atoms with Crippen LogP contribution in [0.4, 0.5) is 5.82 Å². The number of nitrogens with zero attached hydrogens (tertiary/aromatic N) is 5. The van der Waals surface area contributed by atoms with Crippen LogP contribution in [-0.2, 0) is 9.59 Å². The smallest absolute Gasteiger partial charge is 0.225 e. The van der Waals surface area contributed by atoms with Crippen molar-refractivity contribution in [3.8, 4) is 10.4 Å². The van der Waals surface area contributed by atoms with E-state index in [0.29, 0.717) is 26.2 Å². The fraction of sp³-hybridized carbons (Fsp3) is 0.417. The lowest BCUT2D eigenvalue weighted by atomic mass is 9.94. The summed E-state index contributed by atoms with van der Waals surface area (Å²) >= 11 is 1.70. The number of anilines is 1. The normalized spacial score (nSPS) is 17.7. The van der Waals surface area contributed by atoms with Crippen LogP contribution < -0.4 is 4.90 Å². The quantitative estimate of drug-likeness (QED) is 0.572. The lowest BCUT2D eigenvalue weighted by Crippen LogP contribution is -2.51. The molecule has 0 radical (unpaired) electrons. The molecule has 1 aromatic carbocycles. The fourth-order valence-corrected chi connectivity index (χ4v) is 5.72. The summed E-state index contributed by atoms with van der Waals surface area (Å²) in [6, 6.07) is 12.6. The summed E-state index contributed by atoms with van der Waals surface area (Å²) < 4.78 is 0. The third-order valence-electron chi connectivity index (χ3n) is 6.46. The number of piperazine rings is 1. The maximum Gasteiger partial charge on any atom is 0.225 e. The molecule has 0 bridgehead atoms. The maximum atomic E-state index is 13.0. The van der Waals surface area contributed by atoms with Crippen LogP contribution in [0.1, 0.15) is 18.7 Å². The van der Waals surface area contributed by atoms with Crippen molar-refractivity contribution in [3.05, 3.63) is 42.2 Å². The van der Waals surface area contributed by atoms with Gasteiger partial charge in [0.1, 0.15) is 16.5 Å². The van der Waals surface area contributed by atoms with Crippen molar-refractivity contribution in [1.29, 1.82) is 0 Å². The Morgan fingerprint density at radius 3 is 2.44 bits per heavy atom. The van der Waals surface area contributed by atoms with E-state index in [4.69, 9.17) is 4.98 Å². The molecule has 2 fully saturated rings. The summed E-state index contributed by atoms with van der Waals surface area (Å²) in [4.78, 5) is 41.6. The highest BCUT2D eigenvalue weighted by Gasteiger charge is 2.31. The number of carbonyl (C=O) groups is 2. The van der Waals surface area contributed by atoms with Crippen LogP contribution in [0, 0.1) is 12.8 Å². The number of amides is 2. The predicted octanol–water partition coefficient (Wildman–Crippen LogP) is 3.18. The number of fused-ring (bicyclic) bond motifs is 1. The van der Waals surface area contributed by atoms with Crippen molar-refractivity contribution in [3.63, 3.8) is 0 Å². The third kappa shape index (κ3) is 4.07. The number of piperidine rings is 1. The second-order valence-electron chi connectivity index (χ2n) is 8.52. The zero-order chi connectivity index (χ0) is 22.1. The van der Waals surface area contributed by atoms with E-state index in [1.165, 1.54) is 10.4 Å². The van der Waals surface area contributed by atoms with Crippen molar-refractivity contribution in [2.45, 2.75) is 19.8 Å². The third-order valence-corrected chi connectivity index (χ3v) is 7.54. The van der Waals surface area contributed by atoms with Gasteiger partial charge in [-0.1, -0.05) is 30.3 Å². The minimum atomic E-state index is 0.0508. The number of aryl methyl sites for hydroxylation is 1. The summed E-state index contributed by atoms with van der Waals surface area (Å²) in [5.41, 5.74) is 1.19. The zero-order valence-electron chi connectivity index (χ0n) is 18.2. The molecular formula is C24H27N5O2S. The molecule has 0 spiro atoms. The van der Waals surface area contributed by atoms with Crippen molar-refractivity contribution in [1.82, 2.24) is 19.8 Å². The Balaban J connectivity index is 1.31. The number of rotatable bonds is 4. The Morgan fingerprint density at radius 2 is 1.75 bits per heavy atom. The van der Waals surface area contributed by atoms with E-state index < -0.39 is 0 Å². The van der Waals surface area contributed by atoms with Gasteiger partial charge in [0.05, 0.1) is 5.39 Å². The topological polar surface area (TPSA) is 69.6 Å². The molecule has 0 saturated carbocycles. The van der Waals surface area contributed by atoms with Crippen molar-refractivity contribution in [2.24, 2.45) is 5.92 Å². The summed E-state index contributed by atoms with van der Waals surface area (Å²) in [5.74, 6) is 2.05. The van der Waals surface area contributed by atoms with Crippen LogP contribution in [-0.4, -0.2) is 71.4 Å². The van der Waals surface area contributed by atoms with Gasteiger partial charge in [-0.05, 0) is 31.4 Å². The monoisotopic (exact) mass is 449 g/mol. The van der Waals surface area contributed by atoms with Crippen LogP contribution in [0.25, 0.3) is 20.7 Å². The zero-order valence-corrected chi connectivity index (χ0v) is 19.1. The van der Waals surface area contributed by atoms with Gasteiger partial charge in [0.2, 0.25) is 12.3 Å². The molecule has 0 aliphatic carbocycles. The number of aromatic nitrogens is 2. The number of benzene rings is 1. The molecule has 2 aromatic heterocycles. The Bertz CT molecular complexity index is 1120. The summed E-state index contributed by atoms with van der Waals surface area (Å²) in [6.45, 7) is 6.11. The second-order valence-corrected chi connectivity index (χ2v) is 9.55. The average molecular weight is 450 g/mol. The molecule has 2 amide bonds. The summed E-state index contributed by atoms with van der Waals surface area (Å²) in [5, 5.41) is 1.09. The highest BCUT2D eigenvalue weighted by Crippen LogP contribution is 2.37. The lowest BCUT2D eigenvalue weighted by molar-refractivity contribution is -0.139. The molecule has 8 heteroatoms. The molecular weight excluding hydrogens is 422 g/mol. The number of carbonyl (C=O) groups excluding carboxylic acids is 2. The van der Waals surface area contributed by atoms with Gasteiger partial charge < -0.3 is 14.7 Å². The Hall–Kier alpha value is -3.00. The summed E-state index contributed by atoms with van der Waals surface area (Å²) in [6.07, 6.45) is 2.53. The molecule has 2 aliphatic heterocycles. The fourth-order valence-electron chi connectivity index (χ4n) is 4.64. The van der Waals surface area contributed by atoms with Crippen LogP contribution in [0.15, 0.2) is 36.4 Å². The molecule has 2 saturated heterocycles. The van der Waals surface area contributed by atoms with E-state index in [9.17, 15) is 9.59 Å². The second kappa shape index (κ2) is 8.86. The van der Waals surface area contributed by atoms with Gasteiger partial charge in [0.15, 0.2) is 0 Å². The molecule has 166 valence electrons. The van der Waals surface area contributed by atoms with E-state index in [-0.39, 0.29) is 11.8 Å². The maximum absolute atomic E-state index is 13.0. The largest absolute Gasteiger partial charge is 0.356 e. The van der Waals surface area contributed by atoms with Crippen molar-refractivity contribution < 1.29 is 9.59 Å². The number of hydrogen-bond acceptors (Lipinski definition) is 6. The first-order valence-corrected chi connectivity index (χ1v) is 12.0. The molecule has 3 aromatic rings. The minimum Gasteiger partial charge on any atom is -0.356 e. The lowest BCUT2D eigenvalue weighted by Gasteiger charge is -2.38. The van der Waals surface area contributed by atoms with Gasteiger partial charge >= 0.3 is 0 Å². The molecule has 2 aliphatic rings. The van der Waals surface area contributed by atoms with Gasteiger partial charge in [-0.2, -0.15) is 0 Å². The predicted molar refractivity (Wildman–Crippen MR) is 127 cm³/mol. The Labute approximate surface area is 191 Å². The molecule has 0 unspecified atom stereocenters. The van der Waals surface area contributed by atoms with Gasteiger partial charge in [-0.3, -0.25) is 9.59 Å². The van der Waals surface area contributed by atoms with Crippen LogP contribution in [0.2, 0.25) is 0 Å². The van der Waals surface area contributed by atoms with Crippen LogP contribution in [0.3, 0.4) is 0 Å². The molecule has 0 N–H and O–H groups in total. The SMILES string of the molecule is Cc1nc(N2CCC(C(=O)N3CCN(C=O)CC3)CC2)c2cc(-c3ccccc3)sc2n1. The first kappa shape index (κ1) is 20.9. The average Bonchev–Trinajstić information content (AvgIpc) is 3.28. The standard InChI is InChI=1S/C24H27N5O2S/c1-17-25-22(20-15-21(32-23(20)26-17)18-5-3-2-4-6-18)28-9-7-19(8-10-28)24(31)29-13-11-27(16-30)12-14-29/h2-6,15-16,19H,7-14H2,1H3. The van der Waals surface area contributed by atoms with Gasteiger partial charge in [-0.15, -0.1) is 11.3 Å². The van der Waals surface area contributed by atoms with Crippen molar-refractivity contribution in [2.75, 3.05) is 44.2 Å². The first-order valence-electron chi connectivity index (χ1n) is 11.2. The minimum absolute atomic E-state index is 0.0508. The Kier molecular flexibility index (Phi) is 5.78. The summed E-state index contributed by atoms with van der Waals surface area (Å²) in [7, 11) is 0. The van der Waals surface area contributed by atoms with Gasteiger partial charge in [0.25, 0.3) is 0 Å². The van der Waals surface area contributed by atoms with Crippen LogP contribution >= 0.6 is 11.3 Å². The van der Waals surface area contributed by atoms with Gasteiger partial charge in [-0.25, -0.2) is 9.97 Å². The molecule has 0 atom stereocenters. The van der Waals surface area contributed by atoms with E-state index in [1.807, 2.05) is 17.9 Å². The van der Waals surface area contributed by atoms with E-state index in [2.05, 4.69) is 40.2 Å². The number of thiophene rings is 1.